The fourth-order valence-electron chi connectivity index (χ4n) is 2.52. The first kappa shape index (κ1) is 15.9. The normalized spacial score (nSPS) is 11.0. The van der Waals surface area contributed by atoms with Crippen LogP contribution in [0.2, 0.25) is 0 Å². The number of fused-ring (bicyclic) bond motifs is 1. The third kappa shape index (κ3) is 2.58. The van der Waals surface area contributed by atoms with Crippen molar-refractivity contribution in [1.29, 1.82) is 0 Å². The summed E-state index contributed by atoms with van der Waals surface area (Å²) in [7, 11) is 0. The zero-order valence-corrected chi connectivity index (χ0v) is 14.0. The molecule has 7 heteroatoms. The summed E-state index contributed by atoms with van der Waals surface area (Å²) in [6.07, 6.45) is 1.66. The van der Waals surface area contributed by atoms with Gasteiger partial charge in [0, 0.05) is 11.3 Å². The number of aryl methyl sites for hydroxylation is 3. The van der Waals surface area contributed by atoms with Crippen LogP contribution in [-0.4, -0.2) is 32.2 Å². The van der Waals surface area contributed by atoms with Crippen molar-refractivity contribution in [2.24, 2.45) is 0 Å². The SMILES string of the molecule is CCOC(=O)c1nn2cc(-c3ccc(C)c(C)n3)[nH]c(=O)c2c1C. The van der Waals surface area contributed by atoms with Gasteiger partial charge in [0.15, 0.2) is 5.69 Å². The minimum absolute atomic E-state index is 0.146. The van der Waals surface area contributed by atoms with Crippen LogP contribution in [0.25, 0.3) is 16.9 Å². The number of hydrogen-bond donors (Lipinski definition) is 1. The number of pyridine rings is 1. The molecule has 0 atom stereocenters. The zero-order chi connectivity index (χ0) is 17.4. The number of carbonyl (C=O) groups excluding carboxylic acids is 1. The van der Waals surface area contributed by atoms with Crippen molar-refractivity contribution in [1.82, 2.24) is 19.6 Å². The number of aromatic amines is 1. The van der Waals surface area contributed by atoms with Gasteiger partial charge in [-0.25, -0.2) is 9.31 Å². The molecule has 3 rings (SSSR count). The second-order valence-corrected chi connectivity index (χ2v) is 5.58. The Labute approximate surface area is 138 Å². The van der Waals surface area contributed by atoms with Crippen molar-refractivity contribution in [3.05, 3.63) is 51.2 Å². The average molecular weight is 326 g/mol. The van der Waals surface area contributed by atoms with E-state index in [0.717, 1.165) is 11.3 Å². The minimum Gasteiger partial charge on any atom is -0.461 e. The van der Waals surface area contributed by atoms with E-state index in [9.17, 15) is 9.59 Å². The molecule has 24 heavy (non-hydrogen) atoms. The number of hydrogen-bond acceptors (Lipinski definition) is 5. The molecule has 7 nitrogen and oxygen atoms in total. The lowest BCUT2D eigenvalue weighted by molar-refractivity contribution is 0.0518. The third-order valence-corrected chi connectivity index (χ3v) is 3.96. The highest BCUT2D eigenvalue weighted by atomic mass is 16.5. The van der Waals surface area contributed by atoms with E-state index < -0.39 is 5.97 Å². The van der Waals surface area contributed by atoms with Gasteiger partial charge in [-0.3, -0.25) is 9.78 Å². The third-order valence-electron chi connectivity index (χ3n) is 3.96. The van der Waals surface area contributed by atoms with Gasteiger partial charge in [-0.15, -0.1) is 0 Å². The van der Waals surface area contributed by atoms with Crippen molar-refractivity contribution >= 4 is 11.5 Å². The summed E-state index contributed by atoms with van der Waals surface area (Å²) >= 11 is 0. The molecule has 3 heterocycles. The Bertz CT molecular complexity index is 1000. The van der Waals surface area contributed by atoms with Gasteiger partial charge < -0.3 is 9.72 Å². The van der Waals surface area contributed by atoms with Crippen molar-refractivity contribution in [3.8, 4) is 11.4 Å². The lowest BCUT2D eigenvalue weighted by Crippen LogP contribution is -2.12. The number of H-pyrrole nitrogens is 1. The van der Waals surface area contributed by atoms with Crippen LogP contribution < -0.4 is 5.56 Å². The van der Waals surface area contributed by atoms with Gasteiger partial charge in [0.05, 0.1) is 24.2 Å². The number of esters is 1. The highest BCUT2D eigenvalue weighted by molar-refractivity contribution is 5.91. The molecule has 0 radical (unpaired) electrons. The summed E-state index contributed by atoms with van der Waals surface area (Å²) in [5, 5.41) is 4.21. The van der Waals surface area contributed by atoms with Gasteiger partial charge >= 0.3 is 5.97 Å². The van der Waals surface area contributed by atoms with Crippen LogP contribution in [0.15, 0.2) is 23.1 Å². The average Bonchev–Trinajstić information content (AvgIpc) is 2.87. The summed E-state index contributed by atoms with van der Waals surface area (Å²) in [6.45, 7) is 7.53. The fourth-order valence-corrected chi connectivity index (χ4v) is 2.52. The maximum absolute atomic E-state index is 12.4. The first-order valence-corrected chi connectivity index (χ1v) is 7.66. The van der Waals surface area contributed by atoms with Gasteiger partial charge in [0.2, 0.25) is 0 Å². The second-order valence-electron chi connectivity index (χ2n) is 5.58. The van der Waals surface area contributed by atoms with E-state index in [1.165, 1.54) is 4.52 Å². The zero-order valence-electron chi connectivity index (χ0n) is 14.0. The lowest BCUT2D eigenvalue weighted by Gasteiger charge is -2.05. The molecule has 0 unspecified atom stereocenters. The number of aromatic nitrogens is 4. The highest BCUT2D eigenvalue weighted by Gasteiger charge is 2.20. The Morgan fingerprint density at radius 2 is 2.04 bits per heavy atom. The predicted molar refractivity (Wildman–Crippen MR) is 89.2 cm³/mol. The van der Waals surface area contributed by atoms with Gasteiger partial charge in [-0.1, -0.05) is 6.07 Å². The molecule has 0 aliphatic carbocycles. The first-order valence-electron chi connectivity index (χ1n) is 7.66. The molecule has 1 N–H and O–H groups in total. The molecule has 3 aromatic rings. The number of nitrogens with zero attached hydrogens (tertiary/aromatic N) is 3. The Balaban J connectivity index is 2.18. The van der Waals surface area contributed by atoms with Gasteiger partial charge in [-0.05, 0) is 39.3 Å². The minimum atomic E-state index is -0.538. The molecule has 0 saturated carbocycles. The van der Waals surface area contributed by atoms with Crippen LogP contribution in [-0.2, 0) is 4.74 Å². The van der Waals surface area contributed by atoms with Crippen LogP contribution in [0.4, 0.5) is 0 Å². The van der Waals surface area contributed by atoms with Crippen LogP contribution in [0.5, 0.6) is 0 Å². The molecule has 0 aliphatic rings. The summed E-state index contributed by atoms with van der Waals surface area (Å²) in [5.74, 6) is -0.538. The summed E-state index contributed by atoms with van der Waals surface area (Å²) < 4.78 is 6.39. The standard InChI is InChI=1S/C17H18N4O3/c1-5-24-17(23)14-10(3)15-16(22)19-13(8-21(15)20-14)12-7-6-9(2)11(4)18-12/h6-8H,5H2,1-4H3,(H,19,22). The van der Waals surface area contributed by atoms with E-state index in [-0.39, 0.29) is 17.9 Å². The Morgan fingerprint density at radius 1 is 1.29 bits per heavy atom. The van der Waals surface area contributed by atoms with Crippen molar-refractivity contribution < 1.29 is 9.53 Å². The van der Waals surface area contributed by atoms with Crippen molar-refractivity contribution in [3.63, 3.8) is 0 Å². The largest absolute Gasteiger partial charge is 0.461 e. The van der Waals surface area contributed by atoms with Crippen LogP contribution in [0.1, 0.15) is 34.2 Å². The second kappa shape index (κ2) is 5.92. The van der Waals surface area contributed by atoms with Crippen LogP contribution >= 0.6 is 0 Å². The number of ether oxygens (including phenoxy) is 1. The topological polar surface area (TPSA) is 89.3 Å². The maximum Gasteiger partial charge on any atom is 0.359 e. The summed E-state index contributed by atoms with van der Waals surface area (Å²) in [4.78, 5) is 31.7. The summed E-state index contributed by atoms with van der Waals surface area (Å²) in [5.41, 5.74) is 3.77. The molecule has 0 aliphatic heterocycles. The van der Waals surface area contributed by atoms with Crippen molar-refractivity contribution in [2.45, 2.75) is 27.7 Å². The molecular formula is C17H18N4O3. The quantitative estimate of drug-likeness (QED) is 0.745. The molecular weight excluding hydrogens is 308 g/mol. The van der Waals surface area contributed by atoms with E-state index in [0.29, 0.717) is 22.5 Å². The molecule has 0 aromatic carbocycles. The van der Waals surface area contributed by atoms with E-state index in [1.807, 2.05) is 26.0 Å². The first-order chi connectivity index (χ1) is 11.4. The molecule has 0 fully saturated rings. The van der Waals surface area contributed by atoms with E-state index in [1.54, 1.807) is 20.0 Å². The molecule has 0 spiro atoms. The Hall–Kier alpha value is -2.96. The summed E-state index contributed by atoms with van der Waals surface area (Å²) in [6, 6.07) is 3.78. The molecule has 3 aromatic heterocycles. The maximum atomic E-state index is 12.4. The molecule has 0 saturated heterocycles. The van der Waals surface area contributed by atoms with Gasteiger partial charge in [0.1, 0.15) is 5.52 Å². The molecule has 0 bridgehead atoms. The number of nitrogens with one attached hydrogen (secondary N) is 1. The van der Waals surface area contributed by atoms with Gasteiger partial charge in [-0.2, -0.15) is 5.10 Å². The van der Waals surface area contributed by atoms with Crippen molar-refractivity contribution in [2.75, 3.05) is 6.61 Å². The number of rotatable bonds is 3. The van der Waals surface area contributed by atoms with Crippen LogP contribution in [0, 0.1) is 20.8 Å². The van der Waals surface area contributed by atoms with Gasteiger partial charge in [0.25, 0.3) is 5.56 Å². The molecule has 0 amide bonds. The predicted octanol–water partition coefficient (Wildman–Crippen LogP) is 2.19. The smallest absolute Gasteiger partial charge is 0.359 e. The Kier molecular flexibility index (Phi) is 3.92. The van der Waals surface area contributed by atoms with Crippen LogP contribution in [0.3, 0.4) is 0 Å². The fraction of sp³-hybridized carbons (Fsp3) is 0.294. The monoisotopic (exact) mass is 326 g/mol. The highest BCUT2D eigenvalue weighted by Crippen LogP contribution is 2.18. The van der Waals surface area contributed by atoms with E-state index in [2.05, 4.69) is 15.1 Å². The lowest BCUT2D eigenvalue weighted by atomic mass is 10.2. The number of carbonyl (C=O) groups is 1. The Morgan fingerprint density at radius 3 is 2.71 bits per heavy atom. The van der Waals surface area contributed by atoms with E-state index in [4.69, 9.17) is 4.74 Å². The molecule has 124 valence electrons. The van der Waals surface area contributed by atoms with E-state index >= 15 is 0 Å².